The summed E-state index contributed by atoms with van der Waals surface area (Å²) in [5.74, 6) is 0. The highest BCUT2D eigenvalue weighted by Crippen LogP contribution is 2.07. The normalized spacial score (nSPS) is 11.4. The van der Waals surface area contributed by atoms with Crippen LogP contribution in [0.25, 0.3) is 0 Å². The van der Waals surface area contributed by atoms with E-state index in [1.807, 2.05) is 4.98 Å². The standard InChI is InChI=1S/C8H9ClN2O4S/c1-5(2)3-11-4-6(16(9,14)15)7(12)10-8(11)13/h4H,1,3H2,2H3,(H,10,12,13). The second-order valence-corrected chi connectivity index (χ2v) is 5.81. The van der Waals surface area contributed by atoms with Crippen LogP contribution in [0.2, 0.25) is 0 Å². The Morgan fingerprint density at radius 3 is 2.56 bits per heavy atom. The number of hydrogen-bond donors (Lipinski definition) is 1. The zero-order chi connectivity index (χ0) is 12.5. The Labute approximate surface area is 95.6 Å². The van der Waals surface area contributed by atoms with E-state index in [9.17, 15) is 18.0 Å². The molecule has 0 saturated heterocycles. The zero-order valence-electron chi connectivity index (χ0n) is 8.36. The van der Waals surface area contributed by atoms with Gasteiger partial charge in [-0.15, -0.1) is 0 Å². The van der Waals surface area contributed by atoms with E-state index in [-0.39, 0.29) is 6.54 Å². The maximum Gasteiger partial charge on any atom is 0.328 e. The largest absolute Gasteiger partial charge is 0.328 e. The minimum atomic E-state index is -4.17. The minimum Gasteiger partial charge on any atom is -0.295 e. The molecule has 0 aliphatic heterocycles. The summed E-state index contributed by atoms with van der Waals surface area (Å²) in [4.78, 5) is 23.7. The van der Waals surface area contributed by atoms with Gasteiger partial charge in [0.05, 0.1) is 0 Å². The van der Waals surface area contributed by atoms with Crippen molar-refractivity contribution in [1.82, 2.24) is 9.55 Å². The first kappa shape index (κ1) is 12.7. The van der Waals surface area contributed by atoms with Crippen molar-refractivity contribution >= 4 is 19.7 Å². The van der Waals surface area contributed by atoms with E-state index >= 15 is 0 Å². The van der Waals surface area contributed by atoms with E-state index in [1.165, 1.54) is 0 Å². The van der Waals surface area contributed by atoms with Crippen LogP contribution < -0.4 is 11.2 Å². The topological polar surface area (TPSA) is 89.0 Å². The molecule has 88 valence electrons. The van der Waals surface area contributed by atoms with E-state index in [2.05, 4.69) is 6.58 Å². The molecule has 1 aromatic heterocycles. The van der Waals surface area contributed by atoms with Gasteiger partial charge in [0.15, 0.2) is 4.90 Å². The van der Waals surface area contributed by atoms with Crippen molar-refractivity contribution in [3.63, 3.8) is 0 Å². The molecule has 0 aliphatic carbocycles. The van der Waals surface area contributed by atoms with Crippen LogP contribution in [0.1, 0.15) is 6.92 Å². The van der Waals surface area contributed by atoms with E-state index < -0.39 is 25.2 Å². The molecule has 0 unspecified atom stereocenters. The van der Waals surface area contributed by atoms with Crippen molar-refractivity contribution < 1.29 is 8.42 Å². The molecule has 6 nitrogen and oxygen atoms in total. The van der Waals surface area contributed by atoms with Crippen LogP contribution in [0.4, 0.5) is 0 Å². The molecule has 0 aromatic carbocycles. The summed E-state index contributed by atoms with van der Waals surface area (Å²) in [6.07, 6.45) is 0.901. The fraction of sp³-hybridized carbons (Fsp3) is 0.250. The van der Waals surface area contributed by atoms with Crippen LogP contribution in [-0.2, 0) is 15.6 Å². The van der Waals surface area contributed by atoms with Gasteiger partial charge in [-0.3, -0.25) is 14.3 Å². The number of aromatic nitrogens is 2. The maximum atomic E-state index is 11.3. The van der Waals surface area contributed by atoms with Crippen LogP contribution in [-0.4, -0.2) is 18.0 Å². The molecule has 1 rings (SSSR count). The number of nitrogens with one attached hydrogen (secondary N) is 1. The molecular weight excluding hydrogens is 256 g/mol. The average Bonchev–Trinajstić information content (AvgIpc) is 2.06. The van der Waals surface area contributed by atoms with Crippen LogP contribution in [0.3, 0.4) is 0 Å². The Bertz CT molecular complexity index is 641. The molecular formula is C8H9ClN2O4S. The lowest BCUT2D eigenvalue weighted by Crippen LogP contribution is -2.32. The summed E-state index contributed by atoms with van der Waals surface area (Å²) < 4.78 is 23.0. The average molecular weight is 265 g/mol. The SMILES string of the molecule is C=C(C)Cn1cc(S(=O)(=O)Cl)c(=O)[nH]c1=O. The van der Waals surface area contributed by atoms with Crippen molar-refractivity contribution in [1.29, 1.82) is 0 Å². The van der Waals surface area contributed by atoms with Crippen molar-refractivity contribution in [3.05, 3.63) is 39.2 Å². The van der Waals surface area contributed by atoms with Crippen molar-refractivity contribution in [2.45, 2.75) is 18.4 Å². The molecule has 0 saturated carbocycles. The summed E-state index contributed by atoms with van der Waals surface area (Å²) in [6.45, 7) is 5.34. The van der Waals surface area contributed by atoms with E-state index in [4.69, 9.17) is 10.7 Å². The Kier molecular flexibility index (Phi) is 3.39. The quantitative estimate of drug-likeness (QED) is 0.617. The number of rotatable bonds is 3. The van der Waals surface area contributed by atoms with Crippen LogP contribution in [0.5, 0.6) is 0 Å². The molecule has 0 aliphatic rings. The Hall–Kier alpha value is -1.34. The van der Waals surface area contributed by atoms with Gasteiger partial charge in [0.2, 0.25) is 0 Å². The molecule has 0 bridgehead atoms. The first-order valence-electron chi connectivity index (χ1n) is 4.14. The highest BCUT2D eigenvalue weighted by atomic mass is 35.7. The van der Waals surface area contributed by atoms with Crippen molar-refractivity contribution in [3.8, 4) is 0 Å². The third-order valence-electron chi connectivity index (χ3n) is 1.68. The van der Waals surface area contributed by atoms with Gasteiger partial charge < -0.3 is 0 Å². The first-order valence-corrected chi connectivity index (χ1v) is 6.45. The molecule has 8 heteroatoms. The van der Waals surface area contributed by atoms with E-state index in [1.54, 1.807) is 6.92 Å². The minimum absolute atomic E-state index is 0.106. The second kappa shape index (κ2) is 4.26. The van der Waals surface area contributed by atoms with Crippen LogP contribution >= 0.6 is 10.7 Å². The Morgan fingerprint density at radius 1 is 1.56 bits per heavy atom. The number of aromatic amines is 1. The third kappa shape index (κ3) is 2.83. The summed E-state index contributed by atoms with van der Waals surface area (Å²) in [7, 11) is 0.870. The number of nitrogens with zero attached hydrogens (tertiary/aromatic N) is 1. The van der Waals surface area contributed by atoms with Crippen LogP contribution in [0, 0.1) is 0 Å². The fourth-order valence-electron chi connectivity index (χ4n) is 1.07. The Morgan fingerprint density at radius 2 is 2.12 bits per heavy atom. The number of halogens is 1. The van der Waals surface area contributed by atoms with Gasteiger partial charge in [-0.05, 0) is 6.92 Å². The lowest BCUT2D eigenvalue weighted by molar-refractivity contribution is 0.603. The molecule has 0 spiro atoms. The summed E-state index contributed by atoms with van der Waals surface area (Å²) in [5, 5.41) is 0. The van der Waals surface area contributed by atoms with Gasteiger partial charge >= 0.3 is 5.69 Å². The van der Waals surface area contributed by atoms with Gasteiger partial charge in [-0.1, -0.05) is 12.2 Å². The number of hydrogen-bond acceptors (Lipinski definition) is 4. The molecule has 1 heterocycles. The molecule has 16 heavy (non-hydrogen) atoms. The molecule has 0 fully saturated rings. The molecule has 1 aromatic rings. The van der Waals surface area contributed by atoms with Crippen molar-refractivity contribution in [2.75, 3.05) is 0 Å². The predicted octanol–water partition coefficient (Wildman–Crippen LogP) is 0.0402. The van der Waals surface area contributed by atoms with Crippen molar-refractivity contribution in [2.24, 2.45) is 0 Å². The Balaban J connectivity index is 3.51. The third-order valence-corrected chi connectivity index (χ3v) is 3.00. The summed E-state index contributed by atoms with van der Waals surface area (Å²) >= 11 is 0. The molecule has 0 radical (unpaired) electrons. The van der Waals surface area contributed by atoms with Gasteiger partial charge in [-0.2, -0.15) is 0 Å². The van der Waals surface area contributed by atoms with E-state index in [0.29, 0.717) is 5.57 Å². The highest BCUT2D eigenvalue weighted by molar-refractivity contribution is 8.13. The summed E-state index contributed by atoms with van der Waals surface area (Å²) in [6, 6.07) is 0. The lowest BCUT2D eigenvalue weighted by atomic mass is 10.3. The number of allylic oxidation sites excluding steroid dienone is 1. The van der Waals surface area contributed by atoms with Gasteiger partial charge in [0.25, 0.3) is 14.6 Å². The van der Waals surface area contributed by atoms with Gasteiger partial charge in [0, 0.05) is 23.4 Å². The fourth-order valence-corrected chi connectivity index (χ4v) is 1.93. The van der Waals surface area contributed by atoms with Gasteiger partial charge in [0.1, 0.15) is 0 Å². The van der Waals surface area contributed by atoms with Crippen LogP contribution in [0.15, 0.2) is 32.8 Å². The molecule has 0 atom stereocenters. The van der Waals surface area contributed by atoms with Gasteiger partial charge in [-0.25, -0.2) is 13.2 Å². The monoisotopic (exact) mass is 264 g/mol. The first-order chi connectivity index (χ1) is 7.21. The van der Waals surface area contributed by atoms with E-state index in [0.717, 1.165) is 10.8 Å². The maximum absolute atomic E-state index is 11.3. The highest BCUT2D eigenvalue weighted by Gasteiger charge is 2.17. The lowest BCUT2D eigenvalue weighted by Gasteiger charge is -2.05. The smallest absolute Gasteiger partial charge is 0.295 e. The number of H-pyrrole nitrogens is 1. The second-order valence-electron chi connectivity index (χ2n) is 3.28. The summed E-state index contributed by atoms with van der Waals surface area (Å²) in [5.41, 5.74) is -1.11. The predicted molar refractivity (Wildman–Crippen MR) is 59.2 cm³/mol. The zero-order valence-corrected chi connectivity index (χ0v) is 9.93. The molecule has 1 N–H and O–H groups in total. The molecule has 0 amide bonds.